The van der Waals surface area contributed by atoms with Crippen molar-refractivity contribution in [2.24, 2.45) is 5.92 Å². The Morgan fingerprint density at radius 2 is 1.92 bits per heavy atom. The maximum atomic E-state index is 11.8. The van der Waals surface area contributed by atoms with Crippen LogP contribution < -0.4 is 5.32 Å². The summed E-state index contributed by atoms with van der Waals surface area (Å²) < 4.78 is 40.4. The first-order chi connectivity index (χ1) is 11.9. The minimum absolute atomic E-state index is 0.0730. The van der Waals surface area contributed by atoms with Gasteiger partial charge in [-0.15, -0.1) is 23.5 Å². The Labute approximate surface area is 154 Å². The highest BCUT2D eigenvalue weighted by atomic mass is 32.2. The van der Waals surface area contributed by atoms with E-state index in [-0.39, 0.29) is 5.97 Å². The number of hydrogen-bond acceptors (Lipinski definition) is 5. The van der Waals surface area contributed by atoms with Crippen LogP contribution in [0.15, 0.2) is 30.3 Å². The molecule has 1 spiro atoms. The summed E-state index contributed by atoms with van der Waals surface area (Å²) in [6, 6.07) is 6.36. The smallest absolute Gasteiger partial charge is 0.416 e. The third kappa shape index (κ3) is 5.82. The number of hydrogen-bond donors (Lipinski definition) is 1. The van der Waals surface area contributed by atoms with E-state index in [1.54, 1.807) is 6.07 Å². The predicted molar refractivity (Wildman–Crippen MR) is 96.7 cm³/mol. The molecule has 1 N–H and O–H groups in total. The maximum absolute atomic E-state index is 11.8. The van der Waals surface area contributed by atoms with Gasteiger partial charge in [-0.3, -0.25) is 4.79 Å². The van der Waals surface area contributed by atoms with Crippen molar-refractivity contribution in [3.8, 4) is 0 Å². The van der Waals surface area contributed by atoms with Crippen molar-refractivity contribution in [1.82, 2.24) is 5.32 Å². The van der Waals surface area contributed by atoms with Crippen LogP contribution in [0.1, 0.15) is 18.4 Å². The lowest BCUT2D eigenvalue weighted by atomic mass is 9.95. The van der Waals surface area contributed by atoms with Crippen LogP contribution in [0.25, 0.3) is 0 Å². The molecule has 0 radical (unpaired) electrons. The molecule has 0 bridgehead atoms. The lowest BCUT2D eigenvalue weighted by Crippen LogP contribution is -2.45. The number of thioether (sulfide) groups is 2. The molecular weight excluding hydrogens is 371 g/mol. The first kappa shape index (κ1) is 20.5. The number of alkyl halides is 3. The average molecular weight is 393 g/mol. The van der Waals surface area contributed by atoms with Crippen LogP contribution in [0, 0.1) is 5.92 Å². The van der Waals surface area contributed by atoms with Crippen LogP contribution in [-0.2, 0) is 15.7 Å². The van der Waals surface area contributed by atoms with Crippen molar-refractivity contribution in [3.63, 3.8) is 0 Å². The molecule has 0 aromatic heterocycles. The molecule has 3 rings (SSSR count). The Kier molecular flexibility index (Phi) is 7.51. The molecule has 0 unspecified atom stereocenters. The quantitative estimate of drug-likeness (QED) is 0.768. The molecular formula is C17H22F3NO2S2. The van der Waals surface area contributed by atoms with Crippen LogP contribution in [0.4, 0.5) is 13.2 Å². The fourth-order valence-electron chi connectivity index (χ4n) is 2.89. The molecule has 2 fully saturated rings. The Hall–Kier alpha value is -0.860. The predicted octanol–water partition coefficient (Wildman–Crippen LogP) is 4.04. The summed E-state index contributed by atoms with van der Waals surface area (Å²) in [7, 11) is 1.47. The van der Waals surface area contributed by atoms with Gasteiger partial charge in [0.25, 0.3) is 0 Å². The lowest BCUT2D eigenvalue weighted by molar-refractivity contribution is -0.142. The highest BCUT2D eigenvalue weighted by molar-refractivity contribution is 8.21. The molecule has 8 heteroatoms. The van der Waals surface area contributed by atoms with Crippen LogP contribution in [0.5, 0.6) is 0 Å². The normalized spacial score (nSPS) is 22.2. The van der Waals surface area contributed by atoms with E-state index >= 15 is 0 Å². The number of ether oxygens (including phenoxy) is 1. The zero-order valence-electron chi connectivity index (χ0n) is 14.0. The van der Waals surface area contributed by atoms with Gasteiger partial charge < -0.3 is 10.1 Å². The number of piperidine rings is 1. The van der Waals surface area contributed by atoms with Gasteiger partial charge in [-0.1, -0.05) is 30.3 Å². The van der Waals surface area contributed by atoms with Gasteiger partial charge in [-0.25, -0.2) is 0 Å². The van der Waals surface area contributed by atoms with Gasteiger partial charge in [0.05, 0.1) is 23.2 Å². The van der Waals surface area contributed by atoms with Crippen molar-refractivity contribution in [2.75, 3.05) is 31.7 Å². The number of esters is 1. The van der Waals surface area contributed by atoms with Crippen molar-refractivity contribution in [2.45, 2.75) is 23.1 Å². The van der Waals surface area contributed by atoms with Crippen LogP contribution in [0.3, 0.4) is 0 Å². The number of carbonyl (C=O) groups is 1. The van der Waals surface area contributed by atoms with Crippen molar-refractivity contribution in [3.05, 3.63) is 35.9 Å². The summed E-state index contributed by atoms with van der Waals surface area (Å²) in [5, 5.41) is 3.38. The van der Waals surface area contributed by atoms with E-state index in [1.165, 1.54) is 37.2 Å². The van der Waals surface area contributed by atoms with E-state index in [2.05, 4.69) is 5.32 Å². The van der Waals surface area contributed by atoms with Gasteiger partial charge in [-0.05, 0) is 13.0 Å². The molecule has 0 saturated carbocycles. The van der Waals surface area contributed by atoms with Gasteiger partial charge in [0.1, 0.15) is 0 Å². The topological polar surface area (TPSA) is 38.3 Å². The second-order valence-corrected chi connectivity index (χ2v) is 8.91. The molecule has 2 heterocycles. The number of rotatable bonds is 2. The third-order valence-electron chi connectivity index (χ3n) is 4.18. The van der Waals surface area contributed by atoms with Crippen LogP contribution in [0.2, 0.25) is 0 Å². The molecule has 1 aromatic carbocycles. The molecule has 2 aliphatic heterocycles. The fraction of sp³-hybridized carbons (Fsp3) is 0.588. The summed E-state index contributed by atoms with van der Waals surface area (Å²) in [6.45, 7) is 2.03. The first-order valence-electron chi connectivity index (χ1n) is 8.05. The van der Waals surface area contributed by atoms with E-state index < -0.39 is 11.7 Å². The van der Waals surface area contributed by atoms with E-state index in [1.807, 2.05) is 23.5 Å². The number of carbonyl (C=O) groups excluding carboxylic acids is 1. The van der Waals surface area contributed by atoms with Gasteiger partial charge in [0.2, 0.25) is 0 Å². The van der Waals surface area contributed by atoms with Gasteiger partial charge in [-0.2, -0.15) is 13.2 Å². The van der Waals surface area contributed by atoms with E-state index in [4.69, 9.17) is 4.74 Å². The Balaban J connectivity index is 0.000000196. The number of benzene rings is 1. The number of halogens is 3. The molecule has 3 nitrogen and oxygen atoms in total. The molecule has 0 amide bonds. The number of methoxy groups -OCH3 is 1. The molecule has 25 heavy (non-hydrogen) atoms. The summed E-state index contributed by atoms with van der Waals surface area (Å²) >= 11 is 4.08. The highest BCUT2D eigenvalue weighted by Crippen LogP contribution is 2.53. The highest BCUT2D eigenvalue weighted by Gasteiger charge is 2.45. The molecule has 1 atom stereocenters. The zero-order valence-corrected chi connectivity index (χ0v) is 15.6. The van der Waals surface area contributed by atoms with E-state index in [0.29, 0.717) is 16.4 Å². The van der Waals surface area contributed by atoms with Crippen LogP contribution >= 0.6 is 23.5 Å². The summed E-state index contributed by atoms with van der Waals surface area (Å²) in [4.78, 5) is 11.4. The Bertz CT molecular complexity index is 549. The Morgan fingerprint density at radius 1 is 1.28 bits per heavy atom. The van der Waals surface area contributed by atoms with Gasteiger partial charge >= 0.3 is 12.1 Å². The molecule has 1 aromatic rings. The van der Waals surface area contributed by atoms with Crippen molar-refractivity contribution < 1.29 is 22.7 Å². The molecule has 2 aliphatic rings. The molecule has 2 saturated heterocycles. The van der Waals surface area contributed by atoms with Gasteiger partial charge in [0.15, 0.2) is 0 Å². The molecule has 140 valence electrons. The third-order valence-corrected chi connectivity index (χ3v) is 8.02. The molecule has 0 aliphatic carbocycles. The lowest BCUT2D eigenvalue weighted by Gasteiger charge is -2.39. The minimum Gasteiger partial charge on any atom is -0.469 e. The maximum Gasteiger partial charge on any atom is 0.416 e. The number of nitrogens with one attached hydrogen (secondary N) is 1. The second-order valence-electron chi connectivity index (χ2n) is 5.80. The van der Waals surface area contributed by atoms with Crippen molar-refractivity contribution in [1.29, 1.82) is 0 Å². The largest absolute Gasteiger partial charge is 0.469 e. The fourth-order valence-corrected chi connectivity index (χ4v) is 6.38. The summed E-state index contributed by atoms with van der Waals surface area (Å²) in [5.74, 6) is 2.80. The summed E-state index contributed by atoms with van der Waals surface area (Å²) in [6.07, 6.45) is -2.48. The first-order valence-corrected chi connectivity index (χ1v) is 10.0. The minimum atomic E-state index is -4.21. The summed E-state index contributed by atoms with van der Waals surface area (Å²) in [5.41, 5.74) is -0.602. The van der Waals surface area contributed by atoms with E-state index in [9.17, 15) is 18.0 Å². The van der Waals surface area contributed by atoms with Gasteiger partial charge in [0, 0.05) is 24.0 Å². The van der Waals surface area contributed by atoms with Crippen molar-refractivity contribution >= 4 is 29.5 Å². The standard InChI is InChI=1S/C10H17NO2S2.C7H5F3/c1-13-9(12)6-8-7-11-3-2-10(8)14-4-5-15-10;8-7(9,10)6-4-2-1-3-5-6/h8,11H,2-7H2,1H3;1-5H/t8-;/m0./s1. The Morgan fingerprint density at radius 3 is 2.44 bits per heavy atom. The van der Waals surface area contributed by atoms with E-state index in [0.717, 1.165) is 25.2 Å². The SMILES string of the molecule is COC(=O)C[C@H]1CNCCC12SCCS2.FC(F)(F)c1ccccc1. The van der Waals surface area contributed by atoms with Crippen LogP contribution in [-0.4, -0.2) is 41.8 Å². The monoisotopic (exact) mass is 393 g/mol. The average Bonchev–Trinajstić information content (AvgIpc) is 3.07. The second kappa shape index (κ2) is 9.19. The zero-order chi connectivity index (χ0) is 18.3.